The molecule has 0 saturated carbocycles. The van der Waals surface area contributed by atoms with Gasteiger partial charge < -0.3 is 15.0 Å². The molecular weight excluding hydrogens is 300 g/mol. The van der Waals surface area contributed by atoms with Crippen LogP contribution in [0.4, 0.5) is 0 Å². The fourth-order valence-corrected chi connectivity index (χ4v) is 2.95. The Kier molecular flexibility index (Phi) is 4.06. The largest absolute Gasteiger partial charge is 0.496 e. The van der Waals surface area contributed by atoms with Gasteiger partial charge in [0, 0.05) is 11.3 Å². The van der Waals surface area contributed by atoms with Crippen molar-refractivity contribution in [1.29, 1.82) is 0 Å². The van der Waals surface area contributed by atoms with Crippen LogP contribution in [0.25, 0.3) is 11.6 Å². The lowest BCUT2D eigenvalue weighted by atomic mass is 10.1. The molecule has 6 nitrogen and oxygen atoms in total. The van der Waals surface area contributed by atoms with E-state index in [-0.39, 0.29) is 0 Å². The number of nitrogens with two attached hydrogens (primary N) is 1. The van der Waals surface area contributed by atoms with Gasteiger partial charge in [0.1, 0.15) is 5.75 Å². The molecule has 0 unspecified atom stereocenters. The lowest BCUT2D eigenvalue weighted by molar-refractivity contribution is 0.411. The summed E-state index contributed by atoms with van der Waals surface area (Å²) < 4.78 is 12.1. The minimum absolute atomic E-state index is 0.503. The van der Waals surface area contributed by atoms with Crippen LogP contribution >= 0.6 is 11.8 Å². The van der Waals surface area contributed by atoms with Gasteiger partial charge in [0.15, 0.2) is 5.76 Å². The molecule has 0 spiro atoms. The first kappa shape index (κ1) is 14.5. The van der Waals surface area contributed by atoms with Crippen molar-refractivity contribution in [3.8, 4) is 17.3 Å². The lowest BCUT2D eigenvalue weighted by Crippen LogP contribution is -2.11. The number of benzene rings is 1. The summed E-state index contributed by atoms with van der Waals surface area (Å²) >= 11 is 1.50. The maximum Gasteiger partial charge on any atom is 0.218 e. The molecular formula is C15H16N4O2S. The summed E-state index contributed by atoms with van der Waals surface area (Å²) in [5.41, 5.74) is 2.27. The van der Waals surface area contributed by atoms with E-state index in [0.29, 0.717) is 22.5 Å². The first-order valence-corrected chi connectivity index (χ1v) is 7.68. The van der Waals surface area contributed by atoms with Crippen molar-refractivity contribution >= 4 is 11.8 Å². The van der Waals surface area contributed by atoms with Crippen LogP contribution in [0, 0.1) is 6.92 Å². The van der Waals surface area contributed by atoms with Gasteiger partial charge in [-0.1, -0.05) is 29.5 Å². The highest BCUT2D eigenvalue weighted by atomic mass is 32.2. The predicted molar refractivity (Wildman–Crippen MR) is 85.2 cm³/mol. The molecule has 0 fully saturated rings. The summed E-state index contributed by atoms with van der Waals surface area (Å²) in [7, 11) is 1.67. The third-order valence-electron chi connectivity index (χ3n) is 3.20. The van der Waals surface area contributed by atoms with Crippen molar-refractivity contribution in [2.24, 2.45) is 0 Å². The van der Waals surface area contributed by atoms with E-state index < -0.39 is 0 Å². The molecule has 0 aliphatic heterocycles. The minimum Gasteiger partial charge on any atom is -0.496 e. The number of aromatic nitrogens is 3. The average molecular weight is 316 g/mol. The number of rotatable bonds is 5. The molecule has 0 radical (unpaired) electrons. The number of hydrogen-bond donors (Lipinski definition) is 1. The van der Waals surface area contributed by atoms with E-state index in [0.717, 1.165) is 11.3 Å². The molecule has 0 aliphatic rings. The van der Waals surface area contributed by atoms with Gasteiger partial charge in [-0.25, -0.2) is 4.68 Å². The van der Waals surface area contributed by atoms with Gasteiger partial charge in [0.2, 0.25) is 11.0 Å². The predicted octanol–water partition coefficient (Wildman–Crippen LogP) is 2.86. The summed E-state index contributed by atoms with van der Waals surface area (Å²) in [6, 6.07) is 9.66. The number of hydrogen-bond acceptors (Lipinski definition) is 6. The summed E-state index contributed by atoms with van der Waals surface area (Å²) in [5, 5.41) is 8.81. The Morgan fingerprint density at radius 2 is 2.18 bits per heavy atom. The van der Waals surface area contributed by atoms with Gasteiger partial charge in [-0.2, -0.15) is 0 Å². The zero-order valence-electron chi connectivity index (χ0n) is 12.3. The van der Waals surface area contributed by atoms with Gasteiger partial charge in [-0.15, -0.1) is 10.2 Å². The lowest BCUT2D eigenvalue weighted by Gasteiger charge is -2.09. The molecule has 7 heteroatoms. The zero-order valence-corrected chi connectivity index (χ0v) is 13.1. The summed E-state index contributed by atoms with van der Waals surface area (Å²) in [6.45, 7) is 2.05. The van der Waals surface area contributed by atoms with Crippen LogP contribution in [-0.2, 0) is 5.75 Å². The van der Waals surface area contributed by atoms with E-state index in [1.807, 2.05) is 19.1 Å². The molecule has 0 amide bonds. The normalized spacial score (nSPS) is 10.8. The fraction of sp³-hybridized carbons (Fsp3) is 0.200. The van der Waals surface area contributed by atoms with Crippen LogP contribution in [0.5, 0.6) is 5.75 Å². The Morgan fingerprint density at radius 1 is 1.32 bits per heavy atom. The molecule has 0 bridgehead atoms. The molecule has 0 atom stereocenters. The standard InChI is InChI=1S/C15H16N4O2S/c1-10-5-6-12(20-2)11(8-10)9-22-15-18-17-14(19(15)16)13-4-3-7-21-13/h3-8H,9,16H2,1-2H3. The number of methoxy groups -OCH3 is 1. The van der Waals surface area contributed by atoms with Gasteiger partial charge >= 0.3 is 0 Å². The molecule has 2 aromatic heterocycles. The van der Waals surface area contributed by atoms with Crippen LogP contribution < -0.4 is 10.6 Å². The van der Waals surface area contributed by atoms with Crippen LogP contribution in [-0.4, -0.2) is 22.0 Å². The second-order valence-electron chi connectivity index (χ2n) is 4.76. The second kappa shape index (κ2) is 6.15. The van der Waals surface area contributed by atoms with Crippen molar-refractivity contribution in [2.45, 2.75) is 17.8 Å². The van der Waals surface area contributed by atoms with Crippen LogP contribution in [0.1, 0.15) is 11.1 Å². The molecule has 3 aromatic rings. The van der Waals surface area contributed by atoms with E-state index >= 15 is 0 Å². The molecule has 1 aromatic carbocycles. The van der Waals surface area contributed by atoms with Crippen LogP contribution in [0.2, 0.25) is 0 Å². The summed E-state index contributed by atoms with van der Waals surface area (Å²) in [6.07, 6.45) is 1.58. The van der Waals surface area contributed by atoms with E-state index in [9.17, 15) is 0 Å². The molecule has 2 heterocycles. The second-order valence-corrected chi connectivity index (χ2v) is 5.70. The Labute approximate surface area is 132 Å². The average Bonchev–Trinajstić information content (AvgIpc) is 3.15. The molecule has 0 saturated heterocycles. The molecule has 114 valence electrons. The Bertz CT molecular complexity index is 768. The van der Waals surface area contributed by atoms with E-state index in [4.69, 9.17) is 15.0 Å². The number of thioether (sulfide) groups is 1. The summed E-state index contributed by atoms with van der Waals surface area (Å²) in [4.78, 5) is 0. The van der Waals surface area contributed by atoms with Crippen molar-refractivity contribution in [3.63, 3.8) is 0 Å². The molecule has 3 rings (SSSR count). The SMILES string of the molecule is COc1ccc(C)cc1CSc1nnc(-c2ccco2)n1N. The topological polar surface area (TPSA) is 79.1 Å². The monoisotopic (exact) mass is 316 g/mol. The fourth-order valence-electron chi connectivity index (χ4n) is 2.11. The molecule has 22 heavy (non-hydrogen) atoms. The Hall–Kier alpha value is -2.41. The van der Waals surface area contributed by atoms with E-state index in [2.05, 4.69) is 16.3 Å². The first-order chi connectivity index (χ1) is 10.7. The van der Waals surface area contributed by atoms with Gasteiger partial charge in [0.05, 0.1) is 13.4 Å². The number of nitrogens with zero attached hydrogens (tertiary/aromatic N) is 3. The first-order valence-electron chi connectivity index (χ1n) is 6.69. The smallest absolute Gasteiger partial charge is 0.218 e. The highest BCUT2D eigenvalue weighted by molar-refractivity contribution is 7.98. The zero-order chi connectivity index (χ0) is 15.5. The van der Waals surface area contributed by atoms with E-state index in [1.165, 1.54) is 22.0 Å². The summed E-state index contributed by atoms with van der Waals surface area (Å²) in [5.74, 6) is 8.68. The number of furan rings is 1. The number of nitrogen functional groups attached to an aromatic ring is 1. The number of aryl methyl sites for hydroxylation is 1. The maximum atomic E-state index is 6.04. The third kappa shape index (κ3) is 2.80. The highest BCUT2D eigenvalue weighted by Gasteiger charge is 2.15. The Balaban J connectivity index is 1.79. The van der Waals surface area contributed by atoms with Gasteiger partial charge in [-0.3, -0.25) is 0 Å². The number of ether oxygens (including phenoxy) is 1. The Morgan fingerprint density at radius 3 is 2.91 bits per heavy atom. The maximum absolute atomic E-state index is 6.04. The van der Waals surface area contributed by atoms with Crippen molar-refractivity contribution in [1.82, 2.24) is 14.9 Å². The van der Waals surface area contributed by atoms with E-state index in [1.54, 1.807) is 25.5 Å². The molecule has 0 aliphatic carbocycles. The quantitative estimate of drug-likeness (QED) is 0.576. The third-order valence-corrected chi connectivity index (χ3v) is 4.19. The van der Waals surface area contributed by atoms with Crippen molar-refractivity contribution in [2.75, 3.05) is 13.0 Å². The van der Waals surface area contributed by atoms with Crippen LogP contribution in [0.3, 0.4) is 0 Å². The van der Waals surface area contributed by atoms with Crippen LogP contribution in [0.15, 0.2) is 46.2 Å². The highest BCUT2D eigenvalue weighted by Crippen LogP contribution is 2.29. The van der Waals surface area contributed by atoms with Gasteiger partial charge in [-0.05, 0) is 25.1 Å². The van der Waals surface area contributed by atoms with Crippen molar-refractivity contribution in [3.05, 3.63) is 47.7 Å². The molecule has 2 N–H and O–H groups in total. The van der Waals surface area contributed by atoms with Gasteiger partial charge in [0.25, 0.3) is 0 Å². The van der Waals surface area contributed by atoms with Crippen molar-refractivity contribution < 1.29 is 9.15 Å². The minimum atomic E-state index is 0.503.